The van der Waals surface area contributed by atoms with E-state index in [4.69, 9.17) is 9.47 Å². The van der Waals surface area contributed by atoms with Crippen molar-refractivity contribution in [3.63, 3.8) is 0 Å². The summed E-state index contributed by atoms with van der Waals surface area (Å²) < 4.78 is 12.4. The Morgan fingerprint density at radius 2 is 1.78 bits per heavy atom. The number of nitrogens with zero attached hydrogens (tertiary/aromatic N) is 1. The molecule has 2 N–H and O–H groups in total. The normalized spacial score (nSPS) is 10.3. The third kappa shape index (κ3) is 6.55. The number of amides is 2. The lowest BCUT2D eigenvalue weighted by atomic mass is 10.2. The van der Waals surface area contributed by atoms with Crippen molar-refractivity contribution in [3.05, 3.63) is 82.1 Å². The molecular weight excluding hydrogens is 474 g/mol. The van der Waals surface area contributed by atoms with Crippen molar-refractivity contribution in [1.82, 2.24) is 10.3 Å². The molecule has 0 spiro atoms. The van der Waals surface area contributed by atoms with Crippen LogP contribution in [0.1, 0.15) is 28.4 Å². The molecule has 2 amide bonds. The third-order valence-corrected chi connectivity index (χ3v) is 5.01. The molecule has 0 aliphatic rings. The van der Waals surface area contributed by atoms with Crippen molar-refractivity contribution in [2.24, 2.45) is 0 Å². The first-order chi connectivity index (χ1) is 15.5. The van der Waals surface area contributed by atoms with Gasteiger partial charge in [-0.1, -0.05) is 15.9 Å². The quantitative estimate of drug-likeness (QED) is 0.454. The molecule has 0 aliphatic heterocycles. The van der Waals surface area contributed by atoms with E-state index in [1.807, 2.05) is 38.1 Å². The molecule has 0 unspecified atom stereocenters. The summed E-state index contributed by atoms with van der Waals surface area (Å²) in [6.07, 6.45) is 3.40. The van der Waals surface area contributed by atoms with Crippen LogP contribution in [0.15, 0.2) is 65.4 Å². The Morgan fingerprint density at radius 1 is 1.00 bits per heavy atom. The molecule has 0 bridgehead atoms. The molecule has 3 aromatic rings. The summed E-state index contributed by atoms with van der Waals surface area (Å²) in [7, 11) is 0. The van der Waals surface area contributed by atoms with Gasteiger partial charge in [0.1, 0.15) is 6.61 Å². The zero-order valence-corrected chi connectivity index (χ0v) is 19.4. The number of hydrogen-bond donors (Lipinski definition) is 2. The van der Waals surface area contributed by atoms with Gasteiger partial charge in [-0.25, -0.2) is 0 Å². The molecule has 1 heterocycles. The number of hydrogen-bond acceptors (Lipinski definition) is 5. The minimum Gasteiger partial charge on any atom is -0.490 e. The van der Waals surface area contributed by atoms with E-state index in [0.717, 1.165) is 15.6 Å². The lowest BCUT2D eigenvalue weighted by Crippen LogP contribution is -2.33. The minimum absolute atomic E-state index is 0.154. The zero-order chi connectivity index (χ0) is 22.9. The highest BCUT2D eigenvalue weighted by atomic mass is 79.9. The van der Waals surface area contributed by atoms with E-state index in [1.165, 1.54) is 0 Å². The number of pyridine rings is 1. The SMILES string of the molecule is CCOc1cc(C(=O)NCC(=O)Nc2ccc(Br)cc2C)ccc1OCc1ccncc1. The van der Waals surface area contributed by atoms with Gasteiger partial charge in [0, 0.05) is 28.1 Å². The van der Waals surface area contributed by atoms with E-state index in [-0.39, 0.29) is 18.4 Å². The fraction of sp³-hybridized carbons (Fsp3) is 0.208. The number of benzene rings is 2. The summed E-state index contributed by atoms with van der Waals surface area (Å²) in [5.74, 6) is 0.299. The van der Waals surface area contributed by atoms with Crippen molar-refractivity contribution >= 4 is 33.4 Å². The molecule has 3 rings (SSSR count). The van der Waals surface area contributed by atoms with Crippen LogP contribution in [-0.2, 0) is 11.4 Å². The van der Waals surface area contributed by atoms with Crippen molar-refractivity contribution in [2.75, 3.05) is 18.5 Å². The van der Waals surface area contributed by atoms with Gasteiger partial charge < -0.3 is 20.1 Å². The number of nitrogens with one attached hydrogen (secondary N) is 2. The zero-order valence-electron chi connectivity index (χ0n) is 17.9. The van der Waals surface area contributed by atoms with E-state index in [1.54, 1.807) is 36.7 Å². The Hall–Kier alpha value is -3.39. The summed E-state index contributed by atoms with van der Waals surface area (Å²) in [6.45, 7) is 4.37. The van der Waals surface area contributed by atoms with E-state index in [0.29, 0.717) is 36.0 Å². The Balaban J connectivity index is 1.60. The highest BCUT2D eigenvalue weighted by Crippen LogP contribution is 2.29. The number of ether oxygens (including phenoxy) is 2. The van der Waals surface area contributed by atoms with Crippen LogP contribution in [0, 0.1) is 6.92 Å². The number of halogens is 1. The summed E-state index contributed by atoms with van der Waals surface area (Å²) in [5, 5.41) is 5.43. The van der Waals surface area contributed by atoms with Gasteiger partial charge >= 0.3 is 0 Å². The van der Waals surface area contributed by atoms with Crippen molar-refractivity contribution < 1.29 is 19.1 Å². The molecule has 0 atom stereocenters. The van der Waals surface area contributed by atoms with Crippen LogP contribution in [0.5, 0.6) is 11.5 Å². The second kappa shape index (κ2) is 11.3. The molecule has 2 aromatic carbocycles. The predicted molar refractivity (Wildman–Crippen MR) is 126 cm³/mol. The van der Waals surface area contributed by atoms with E-state index < -0.39 is 0 Å². The number of anilines is 1. The minimum atomic E-state index is -0.380. The molecule has 166 valence electrons. The summed E-state index contributed by atoms with van der Waals surface area (Å²) in [6, 6.07) is 14.2. The lowest BCUT2D eigenvalue weighted by Gasteiger charge is -2.14. The summed E-state index contributed by atoms with van der Waals surface area (Å²) >= 11 is 3.39. The van der Waals surface area contributed by atoms with Crippen LogP contribution in [-0.4, -0.2) is 29.9 Å². The smallest absolute Gasteiger partial charge is 0.251 e. The molecule has 0 aliphatic carbocycles. The first-order valence-electron chi connectivity index (χ1n) is 10.1. The number of carbonyl (C=O) groups excluding carboxylic acids is 2. The maximum atomic E-state index is 12.6. The molecular formula is C24H24BrN3O4. The molecule has 0 fully saturated rings. The maximum Gasteiger partial charge on any atom is 0.251 e. The van der Waals surface area contributed by atoms with Crippen LogP contribution in [0.2, 0.25) is 0 Å². The third-order valence-electron chi connectivity index (χ3n) is 4.52. The standard InChI is InChI=1S/C24H24BrN3O4/c1-3-31-22-13-18(4-7-21(22)32-15-17-8-10-26-11-9-17)24(30)27-14-23(29)28-20-6-5-19(25)12-16(20)2/h4-13H,3,14-15H2,1-2H3,(H,27,30)(H,28,29). The molecule has 0 radical (unpaired) electrons. The Labute approximate surface area is 195 Å². The largest absolute Gasteiger partial charge is 0.490 e. The van der Waals surface area contributed by atoms with Crippen LogP contribution in [0.3, 0.4) is 0 Å². The van der Waals surface area contributed by atoms with Gasteiger partial charge in [0.15, 0.2) is 11.5 Å². The van der Waals surface area contributed by atoms with Crippen molar-refractivity contribution in [1.29, 1.82) is 0 Å². The van der Waals surface area contributed by atoms with Crippen LogP contribution < -0.4 is 20.1 Å². The lowest BCUT2D eigenvalue weighted by molar-refractivity contribution is -0.115. The van der Waals surface area contributed by atoms with Crippen LogP contribution in [0.4, 0.5) is 5.69 Å². The molecule has 0 saturated carbocycles. The van der Waals surface area contributed by atoms with Gasteiger partial charge in [-0.15, -0.1) is 0 Å². The number of carbonyl (C=O) groups is 2. The predicted octanol–water partition coefficient (Wildman–Crippen LogP) is 4.50. The molecule has 7 nitrogen and oxygen atoms in total. The van der Waals surface area contributed by atoms with Gasteiger partial charge in [-0.05, 0) is 73.5 Å². The van der Waals surface area contributed by atoms with Crippen LogP contribution in [0.25, 0.3) is 0 Å². The fourth-order valence-electron chi connectivity index (χ4n) is 2.90. The van der Waals surface area contributed by atoms with Gasteiger partial charge in [-0.3, -0.25) is 14.6 Å². The summed E-state index contributed by atoms with van der Waals surface area (Å²) in [5.41, 5.74) is 2.96. The number of rotatable bonds is 9. The average molecular weight is 498 g/mol. The first-order valence-corrected chi connectivity index (χ1v) is 10.9. The first kappa shape index (κ1) is 23.3. The van der Waals surface area contributed by atoms with E-state index in [2.05, 4.69) is 31.5 Å². The fourth-order valence-corrected chi connectivity index (χ4v) is 3.38. The number of aromatic nitrogens is 1. The van der Waals surface area contributed by atoms with Crippen LogP contribution >= 0.6 is 15.9 Å². The molecule has 32 heavy (non-hydrogen) atoms. The second-order valence-electron chi connectivity index (χ2n) is 6.93. The Bertz CT molecular complexity index is 1090. The Morgan fingerprint density at radius 3 is 2.50 bits per heavy atom. The maximum absolute atomic E-state index is 12.6. The van der Waals surface area contributed by atoms with Gasteiger partial charge in [0.25, 0.3) is 5.91 Å². The monoisotopic (exact) mass is 497 g/mol. The average Bonchev–Trinajstić information content (AvgIpc) is 2.79. The number of aryl methyl sites for hydroxylation is 1. The van der Waals surface area contributed by atoms with Crippen molar-refractivity contribution in [3.8, 4) is 11.5 Å². The molecule has 0 saturated heterocycles. The second-order valence-corrected chi connectivity index (χ2v) is 7.84. The van der Waals surface area contributed by atoms with Gasteiger partial charge in [-0.2, -0.15) is 0 Å². The molecule has 1 aromatic heterocycles. The summed E-state index contributed by atoms with van der Waals surface area (Å²) in [4.78, 5) is 28.8. The topological polar surface area (TPSA) is 89.5 Å². The van der Waals surface area contributed by atoms with Crippen molar-refractivity contribution in [2.45, 2.75) is 20.5 Å². The highest BCUT2D eigenvalue weighted by molar-refractivity contribution is 9.10. The van der Waals surface area contributed by atoms with Gasteiger partial charge in [0.2, 0.25) is 5.91 Å². The Kier molecular flexibility index (Phi) is 8.21. The highest BCUT2D eigenvalue weighted by Gasteiger charge is 2.13. The van der Waals surface area contributed by atoms with Gasteiger partial charge in [0.05, 0.1) is 13.2 Å². The molecule has 8 heteroatoms. The van der Waals surface area contributed by atoms with E-state index >= 15 is 0 Å². The van der Waals surface area contributed by atoms with E-state index in [9.17, 15) is 9.59 Å².